The average Bonchev–Trinajstić information content (AvgIpc) is 3.10. The van der Waals surface area contributed by atoms with Crippen molar-refractivity contribution in [2.75, 3.05) is 33.2 Å². The van der Waals surface area contributed by atoms with E-state index in [9.17, 15) is 0 Å². The molecule has 1 aliphatic carbocycles. The standard InChI is InChI=1S/C13H28N4.HI/c1-4-6-10-17(3)11-9-15-13(14-5-2)16-12-7-8-12;/h12H,4-11H2,1-3H3,(H2,14,15,16);1H. The molecule has 0 atom stereocenters. The van der Waals surface area contributed by atoms with Crippen LogP contribution < -0.4 is 10.6 Å². The molecular weight excluding hydrogens is 339 g/mol. The third-order valence-electron chi connectivity index (χ3n) is 2.91. The number of guanidine groups is 1. The molecule has 18 heavy (non-hydrogen) atoms. The minimum Gasteiger partial charge on any atom is -0.357 e. The molecular formula is C13H29IN4. The summed E-state index contributed by atoms with van der Waals surface area (Å²) in [6.07, 6.45) is 5.13. The highest BCUT2D eigenvalue weighted by Gasteiger charge is 2.21. The molecule has 2 N–H and O–H groups in total. The van der Waals surface area contributed by atoms with E-state index < -0.39 is 0 Å². The van der Waals surface area contributed by atoms with Crippen molar-refractivity contribution >= 4 is 29.9 Å². The molecule has 1 fully saturated rings. The van der Waals surface area contributed by atoms with Crippen LogP contribution in [0.5, 0.6) is 0 Å². The lowest BCUT2D eigenvalue weighted by Crippen LogP contribution is -2.39. The molecule has 4 nitrogen and oxygen atoms in total. The number of nitrogens with one attached hydrogen (secondary N) is 2. The Kier molecular flexibility index (Phi) is 10.8. The fourth-order valence-corrected chi connectivity index (χ4v) is 1.61. The molecule has 1 rings (SSSR count). The van der Waals surface area contributed by atoms with Crippen LogP contribution in [0.1, 0.15) is 39.5 Å². The normalized spacial score (nSPS) is 15.4. The van der Waals surface area contributed by atoms with Crippen molar-refractivity contribution < 1.29 is 0 Å². The van der Waals surface area contributed by atoms with Crippen LogP contribution in [0, 0.1) is 0 Å². The van der Waals surface area contributed by atoms with Crippen molar-refractivity contribution in [3.8, 4) is 0 Å². The summed E-state index contributed by atoms with van der Waals surface area (Å²) in [6, 6.07) is 0.672. The molecule has 5 heteroatoms. The van der Waals surface area contributed by atoms with Crippen LogP contribution >= 0.6 is 24.0 Å². The monoisotopic (exact) mass is 368 g/mol. The third kappa shape index (κ3) is 8.97. The van der Waals surface area contributed by atoms with E-state index in [1.807, 2.05) is 0 Å². The van der Waals surface area contributed by atoms with Crippen LogP contribution in [0.15, 0.2) is 4.99 Å². The van der Waals surface area contributed by atoms with E-state index >= 15 is 0 Å². The number of hydrogen-bond acceptors (Lipinski definition) is 2. The number of nitrogens with zero attached hydrogens (tertiary/aromatic N) is 2. The molecule has 0 unspecified atom stereocenters. The lowest BCUT2D eigenvalue weighted by molar-refractivity contribution is 0.337. The van der Waals surface area contributed by atoms with E-state index in [4.69, 9.17) is 0 Å². The van der Waals surface area contributed by atoms with Crippen LogP contribution in [0.25, 0.3) is 0 Å². The summed E-state index contributed by atoms with van der Waals surface area (Å²) >= 11 is 0. The average molecular weight is 368 g/mol. The number of aliphatic imine (C=N–C) groups is 1. The Labute approximate surface area is 129 Å². The Balaban J connectivity index is 0.00000289. The Bertz CT molecular complexity index is 229. The number of unbranched alkanes of at least 4 members (excludes halogenated alkanes) is 1. The highest BCUT2D eigenvalue weighted by molar-refractivity contribution is 14.0. The molecule has 0 amide bonds. The summed E-state index contributed by atoms with van der Waals surface area (Å²) in [7, 11) is 2.17. The van der Waals surface area contributed by atoms with Gasteiger partial charge in [0.15, 0.2) is 5.96 Å². The Morgan fingerprint density at radius 3 is 2.56 bits per heavy atom. The van der Waals surface area contributed by atoms with E-state index in [1.54, 1.807) is 0 Å². The number of hydrogen-bond donors (Lipinski definition) is 2. The topological polar surface area (TPSA) is 39.7 Å². The molecule has 108 valence electrons. The predicted octanol–water partition coefficient (Wildman–Crippen LogP) is 2.05. The van der Waals surface area contributed by atoms with Gasteiger partial charge in [-0.2, -0.15) is 0 Å². The van der Waals surface area contributed by atoms with Gasteiger partial charge in [0.25, 0.3) is 0 Å². The van der Waals surface area contributed by atoms with Gasteiger partial charge in [-0.25, -0.2) is 0 Å². The number of likely N-dealkylation sites (N-methyl/N-ethyl adjacent to an activating group) is 1. The van der Waals surface area contributed by atoms with Gasteiger partial charge >= 0.3 is 0 Å². The molecule has 1 aliphatic rings. The number of rotatable bonds is 8. The second-order valence-electron chi connectivity index (χ2n) is 4.84. The quantitative estimate of drug-likeness (QED) is 0.391. The molecule has 0 spiro atoms. The van der Waals surface area contributed by atoms with E-state index in [-0.39, 0.29) is 24.0 Å². The SMILES string of the molecule is CCCCN(C)CCN=C(NCC)NC1CC1.I. The predicted molar refractivity (Wildman–Crippen MR) is 90.0 cm³/mol. The Hall–Kier alpha value is -0.0400. The maximum absolute atomic E-state index is 4.59. The second-order valence-corrected chi connectivity index (χ2v) is 4.84. The maximum Gasteiger partial charge on any atom is 0.191 e. The minimum absolute atomic E-state index is 0. The molecule has 0 radical (unpaired) electrons. The van der Waals surface area contributed by atoms with Crippen molar-refractivity contribution in [1.29, 1.82) is 0 Å². The van der Waals surface area contributed by atoms with Crippen LogP contribution in [0.3, 0.4) is 0 Å². The smallest absolute Gasteiger partial charge is 0.191 e. The van der Waals surface area contributed by atoms with E-state index in [0.29, 0.717) is 6.04 Å². The van der Waals surface area contributed by atoms with E-state index in [2.05, 4.69) is 41.4 Å². The van der Waals surface area contributed by atoms with Crippen LogP contribution in [-0.2, 0) is 0 Å². The van der Waals surface area contributed by atoms with E-state index in [1.165, 1.54) is 32.2 Å². The fraction of sp³-hybridized carbons (Fsp3) is 0.923. The first-order valence-electron chi connectivity index (χ1n) is 6.99. The molecule has 0 aromatic rings. The van der Waals surface area contributed by atoms with Crippen LogP contribution in [-0.4, -0.2) is 50.1 Å². The van der Waals surface area contributed by atoms with Gasteiger partial charge in [-0.05, 0) is 39.8 Å². The summed E-state index contributed by atoms with van der Waals surface area (Å²) in [4.78, 5) is 6.95. The Morgan fingerprint density at radius 2 is 2.00 bits per heavy atom. The maximum atomic E-state index is 4.59. The molecule has 0 bridgehead atoms. The molecule has 0 aromatic heterocycles. The van der Waals surface area contributed by atoms with Gasteiger partial charge in [-0.15, -0.1) is 24.0 Å². The minimum atomic E-state index is 0. The van der Waals surface area contributed by atoms with Crippen molar-refractivity contribution in [3.05, 3.63) is 0 Å². The molecule has 1 saturated carbocycles. The van der Waals surface area contributed by atoms with Gasteiger partial charge in [0.1, 0.15) is 0 Å². The van der Waals surface area contributed by atoms with Gasteiger partial charge in [0, 0.05) is 19.1 Å². The largest absolute Gasteiger partial charge is 0.357 e. The lowest BCUT2D eigenvalue weighted by Gasteiger charge is -2.15. The van der Waals surface area contributed by atoms with Crippen molar-refractivity contribution in [3.63, 3.8) is 0 Å². The number of halogens is 1. The van der Waals surface area contributed by atoms with Gasteiger partial charge in [0.05, 0.1) is 6.54 Å². The molecule has 0 aliphatic heterocycles. The van der Waals surface area contributed by atoms with Gasteiger partial charge in [0.2, 0.25) is 0 Å². The second kappa shape index (κ2) is 10.8. The third-order valence-corrected chi connectivity index (χ3v) is 2.91. The van der Waals surface area contributed by atoms with Crippen molar-refractivity contribution in [2.45, 2.75) is 45.6 Å². The molecule has 0 aromatic carbocycles. The lowest BCUT2D eigenvalue weighted by atomic mass is 10.3. The van der Waals surface area contributed by atoms with Crippen molar-refractivity contribution in [1.82, 2.24) is 15.5 Å². The summed E-state index contributed by atoms with van der Waals surface area (Å²) in [5, 5.41) is 6.72. The summed E-state index contributed by atoms with van der Waals surface area (Å²) < 4.78 is 0. The van der Waals surface area contributed by atoms with Crippen LogP contribution in [0.2, 0.25) is 0 Å². The first-order valence-corrected chi connectivity index (χ1v) is 6.99. The summed E-state index contributed by atoms with van der Waals surface area (Å²) in [6.45, 7) is 8.37. The molecule has 0 heterocycles. The Morgan fingerprint density at radius 1 is 1.28 bits per heavy atom. The zero-order valence-corrected chi connectivity index (χ0v) is 14.4. The van der Waals surface area contributed by atoms with E-state index in [0.717, 1.165) is 25.6 Å². The van der Waals surface area contributed by atoms with Gasteiger partial charge in [-0.3, -0.25) is 4.99 Å². The molecule has 0 saturated heterocycles. The van der Waals surface area contributed by atoms with Gasteiger partial charge in [-0.1, -0.05) is 13.3 Å². The summed E-state index contributed by atoms with van der Waals surface area (Å²) in [5.41, 5.74) is 0. The summed E-state index contributed by atoms with van der Waals surface area (Å²) in [5.74, 6) is 0.985. The van der Waals surface area contributed by atoms with Gasteiger partial charge < -0.3 is 15.5 Å². The fourth-order valence-electron chi connectivity index (χ4n) is 1.61. The highest BCUT2D eigenvalue weighted by Crippen LogP contribution is 2.18. The highest BCUT2D eigenvalue weighted by atomic mass is 127. The first kappa shape index (κ1) is 18.0. The zero-order valence-electron chi connectivity index (χ0n) is 12.0. The van der Waals surface area contributed by atoms with Crippen molar-refractivity contribution in [2.24, 2.45) is 4.99 Å². The van der Waals surface area contributed by atoms with Crippen LogP contribution in [0.4, 0.5) is 0 Å². The zero-order chi connectivity index (χ0) is 12.5. The first-order chi connectivity index (χ1) is 8.26.